The summed E-state index contributed by atoms with van der Waals surface area (Å²) < 4.78 is 0. The maximum atomic E-state index is 11.6. The Morgan fingerprint density at radius 1 is 1.11 bits per heavy atom. The molecular weight excluding hydrogens is 340 g/mol. The van der Waals surface area contributed by atoms with Crippen molar-refractivity contribution in [1.29, 1.82) is 0 Å². The monoisotopic (exact) mass is 380 g/mol. The Balaban J connectivity index is 1.82. The van der Waals surface area contributed by atoms with Crippen LogP contribution in [0.3, 0.4) is 0 Å². The second-order valence-electron chi connectivity index (χ2n) is 7.82. The molecule has 1 atom stereocenters. The molecule has 0 aromatic heterocycles. The largest absolute Gasteiger partial charge is 0.359 e. The quantitative estimate of drug-likeness (QED) is 0.506. The van der Waals surface area contributed by atoms with Crippen LogP contribution in [0.4, 0.5) is 0 Å². The molecule has 2 heterocycles. The summed E-state index contributed by atoms with van der Waals surface area (Å²) in [6, 6.07) is 0.475. The molecule has 0 saturated carbocycles. The number of likely N-dealkylation sites (tertiary alicyclic amines) is 1. The number of hydrogen-bond donors (Lipinski definition) is 2. The van der Waals surface area contributed by atoms with Crippen LogP contribution in [0.2, 0.25) is 0 Å². The standard InChI is InChI=1S/C20H40N6O/c1-5-22-20(26-9-7-18(8-10-26)15-19(27)21-4)23-16-17(3)25-13-11-24(6-2)12-14-25/h17-18H,5-16H2,1-4H3,(H,21,27)(H,22,23). The minimum atomic E-state index is 0.158. The van der Waals surface area contributed by atoms with Crippen LogP contribution < -0.4 is 10.6 Å². The molecule has 27 heavy (non-hydrogen) atoms. The summed E-state index contributed by atoms with van der Waals surface area (Å²) in [6.45, 7) is 16.1. The zero-order valence-electron chi connectivity index (χ0n) is 17.8. The zero-order valence-corrected chi connectivity index (χ0v) is 17.8. The third kappa shape index (κ3) is 6.96. The van der Waals surface area contributed by atoms with Crippen molar-refractivity contribution in [2.24, 2.45) is 10.9 Å². The van der Waals surface area contributed by atoms with E-state index in [4.69, 9.17) is 4.99 Å². The van der Waals surface area contributed by atoms with Crippen molar-refractivity contribution in [2.75, 3.05) is 66.0 Å². The van der Waals surface area contributed by atoms with Gasteiger partial charge in [0, 0.05) is 65.3 Å². The minimum absolute atomic E-state index is 0.158. The van der Waals surface area contributed by atoms with Gasteiger partial charge in [-0.2, -0.15) is 0 Å². The van der Waals surface area contributed by atoms with Gasteiger partial charge in [-0.1, -0.05) is 6.92 Å². The average molecular weight is 381 g/mol. The molecule has 1 amide bonds. The van der Waals surface area contributed by atoms with Crippen molar-refractivity contribution in [2.45, 2.75) is 46.1 Å². The smallest absolute Gasteiger partial charge is 0.220 e. The fourth-order valence-corrected chi connectivity index (χ4v) is 3.99. The van der Waals surface area contributed by atoms with E-state index in [-0.39, 0.29) is 5.91 Å². The van der Waals surface area contributed by atoms with E-state index in [1.54, 1.807) is 7.05 Å². The molecule has 1 unspecified atom stereocenters. The first-order valence-electron chi connectivity index (χ1n) is 10.8. The molecule has 2 rings (SSSR count). The van der Waals surface area contributed by atoms with Gasteiger partial charge in [0.2, 0.25) is 5.91 Å². The molecule has 2 saturated heterocycles. The molecule has 0 spiro atoms. The molecule has 7 nitrogen and oxygen atoms in total. The Labute approximate surface area is 165 Å². The van der Waals surface area contributed by atoms with Gasteiger partial charge >= 0.3 is 0 Å². The molecule has 0 aromatic carbocycles. The summed E-state index contributed by atoms with van der Waals surface area (Å²) >= 11 is 0. The van der Waals surface area contributed by atoms with Crippen molar-refractivity contribution >= 4 is 11.9 Å². The molecule has 0 radical (unpaired) electrons. The van der Waals surface area contributed by atoms with Crippen molar-refractivity contribution < 1.29 is 4.79 Å². The van der Waals surface area contributed by atoms with Gasteiger partial charge in [0.1, 0.15) is 0 Å². The number of carbonyl (C=O) groups excluding carboxylic acids is 1. The Morgan fingerprint density at radius 3 is 2.33 bits per heavy atom. The first-order valence-corrected chi connectivity index (χ1v) is 10.8. The second-order valence-corrected chi connectivity index (χ2v) is 7.82. The van der Waals surface area contributed by atoms with E-state index in [9.17, 15) is 4.79 Å². The van der Waals surface area contributed by atoms with Gasteiger partial charge in [-0.05, 0) is 39.2 Å². The highest BCUT2D eigenvalue weighted by Gasteiger charge is 2.24. The molecule has 7 heteroatoms. The highest BCUT2D eigenvalue weighted by molar-refractivity contribution is 5.80. The Bertz CT molecular complexity index is 467. The summed E-state index contributed by atoms with van der Waals surface area (Å²) in [5, 5.41) is 6.20. The van der Waals surface area contributed by atoms with Gasteiger partial charge in [0.15, 0.2) is 5.96 Å². The summed E-state index contributed by atoms with van der Waals surface area (Å²) in [7, 11) is 1.72. The van der Waals surface area contributed by atoms with Crippen LogP contribution >= 0.6 is 0 Å². The van der Waals surface area contributed by atoms with E-state index in [2.05, 4.69) is 46.1 Å². The number of guanidine groups is 1. The highest BCUT2D eigenvalue weighted by Crippen LogP contribution is 2.20. The topological polar surface area (TPSA) is 63.2 Å². The number of piperazine rings is 1. The third-order valence-electron chi connectivity index (χ3n) is 5.98. The number of piperidine rings is 1. The van der Waals surface area contributed by atoms with Crippen LogP contribution in [-0.2, 0) is 4.79 Å². The summed E-state index contributed by atoms with van der Waals surface area (Å²) in [5.41, 5.74) is 0. The number of nitrogens with zero attached hydrogens (tertiary/aromatic N) is 4. The Hall–Kier alpha value is -1.34. The first kappa shape index (κ1) is 22.0. The minimum Gasteiger partial charge on any atom is -0.359 e. The lowest BCUT2D eigenvalue weighted by atomic mass is 9.93. The van der Waals surface area contributed by atoms with Gasteiger partial charge in [0.05, 0.1) is 6.54 Å². The molecule has 2 N–H and O–H groups in total. The van der Waals surface area contributed by atoms with Gasteiger partial charge in [-0.25, -0.2) is 0 Å². The van der Waals surface area contributed by atoms with Crippen molar-refractivity contribution in [3.8, 4) is 0 Å². The van der Waals surface area contributed by atoms with Crippen molar-refractivity contribution in [3.63, 3.8) is 0 Å². The lowest BCUT2D eigenvalue weighted by Crippen LogP contribution is -2.50. The van der Waals surface area contributed by atoms with Crippen LogP contribution in [-0.4, -0.2) is 98.6 Å². The average Bonchev–Trinajstić information content (AvgIpc) is 2.71. The molecule has 2 aliphatic rings. The van der Waals surface area contributed by atoms with Crippen LogP contribution in [0.15, 0.2) is 4.99 Å². The van der Waals surface area contributed by atoms with Crippen LogP contribution in [0.1, 0.15) is 40.0 Å². The number of hydrogen-bond acceptors (Lipinski definition) is 4. The molecule has 2 fully saturated rings. The lowest BCUT2D eigenvalue weighted by Gasteiger charge is -2.37. The zero-order chi connectivity index (χ0) is 19.6. The van der Waals surface area contributed by atoms with Gasteiger partial charge in [-0.15, -0.1) is 0 Å². The van der Waals surface area contributed by atoms with Crippen LogP contribution in [0.5, 0.6) is 0 Å². The molecule has 0 aliphatic carbocycles. The van der Waals surface area contributed by atoms with Crippen LogP contribution in [0.25, 0.3) is 0 Å². The number of likely N-dealkylation sites (N-methyl/N-ethyl adjacent to an activating group) is 1. The number of rotatable bonds is 7. The third-order valence-corrected chi connectivity index (χ3v) is 5.98. The van der Waals surface area contributed by atoms with E-state index in [0.717, 1.165) is 64.6 Å². The number of nitrogens with one attached hydrogen (secondary N) is 2. The molecule has 2 aliphatic heterocycles. The SMILES string of the molecule is CCNC(=NCC(C)N1CCN(CC)CC1)N1CCC(CC(=O)NC)CC1. The van der Waals surface area contributed by atoms with Crippen molar-refractivity contribution in [3.05, 3.63) is 0 Å². The first-order chi connectivity index (χ1) is 13.1. The normalized spacial score (nSPS) is 21.9. The van der Waals surface area contributed by atoms with E-state index in [0.29, 0.717) is 18.4 Å². The number of aliphatic imine (C=N–C) groups is 1. The number of carbonyl (C=O) groups is 1. The maximum Gasteiger partial charge on any atom is 0.220 e. The van der Waals surface area contributed by atoms with Gasteiger partial charge < -0.3 is 20.4 Å². The van der Waals surface area contributed by atoms with E-state index < -0.39 is 0 Å². The van der Waals surface area contributed by atoms with E-state index in [1.807, 2.05) is 0 Å². The fraction of sp³-hybridized carbons (Fsp3) is 0.900. The van der Waals surface area contributed by atoms with E-state index in [1.165, 1.54) is 13.1 Å². The predicted octanol–water partition coefficient (Wildman–Crippen LogP) is 0.826. The Morgan fingerprint density at radius 2 is 1.78 bits per heavy atom. The lowest BCUT2D eigenvalue weighted by molar-refractivity contribution is -0.121. The number of amides is 1. The summed E-state index contributed by atoms with van der Waals surface area (Å²) in [5.74, 6) is 1.69. The van der Waals surface area contributed by atoms with Gasteiger partial charge in [-0.3, -0.25) is 14.7 Å². The Kier molecular flexibility index (Phi) is 9.34. The fourth-order valence-electron chi connectivity index (χ4n) is 3.99. The molecule has 156 valence electrons. The van der Waals surface area contributed by atoms with Crippen LogP contribution in [0, 0.1) is 5.92 Å². The summed E-state index contributed by atoms with van der Waals surface area (Å²) in [6.07, 6.45) is 2.78. The molecule has 0 bridgehead atoms. The van der Waals surface area contributed by atoms with Crippen molar-refractivity contribution in [1.82, 2.24) is 25.3 Å². The highest BCUT2D eigenvalue weighted by atomic mass is 16.1. The molecular formula is C20H40N6O. The summed E-state index contributed by atoms with van der Waals surface area (Å²) in [4.78, 5) is 24.0. The van der Waals surface area contributed by atoms with Gasteiger partial charge in [0.25, 0.3) is 0 Å². The second kappa shape index (κ2) is 11.5. The maximum absolute atomic E-state index is 11.6. The molecule has 0 aromatic rings. The predicted molar refractivity (Wildman–Crippen MR) is 112 cm³/mol. The van der Waals surface area contributed by atoms with E-state index >= 15 is 0 Å².